The summed E-state index contributed by atoms with van der Waals surface area (Å²) in [5, 5.41) is 19.9. The summed E-state index contributed by atoms with van der Waals surface area (Å²) in [7, 11) is 1.36. The second-order valence-electron chi connectivity index (χ2n) is 8.66. The average molecular weight is 439 g/mol. The molecule has 4 aliphatic rings. The fraction of sp³-hybridized carbons (Fsp3) is 0.296. The molecule has 0 amide bonds. The second-order valence-corrected chi connectivity index (χ2v) is 8.66. The number of nitrogens with zero attached hydrogens (tertiary/aromatic N) is 3. The highest BCUT2D eigenvalue weighted by atomic mass is 16.5. The van der Waals surface area contributed by atoms with E-state index in [0.717, 1.165) is 42.6 Å². The molecule has 3 aliphatic carbocycles. The summed E-state index contributed by atoms with van der Waals surface area (Å²) < 4.78 is 5.07. The minimum atomic E-state index is -0.448. The van der Waals surface area contributed by atoms with Gasteiger partial charge in [-0.15, -0.1) is 0 Å². The molecule has 0 aromatic carbocycles. The third-order valence-corrected chi connectivity index (χ3v) is 6.37. The first kappa shape index (κ1) is 22.2. The molecule has 0 aromatic heterocycles. The summed E-state index contributed by atoms with van der Waals surface area (Å²) >= 11 is 0. The van der Waals surface area contributed by atoms with Crippen molar-refractivity contribution in [1.82, 2.24) is 4.90 Å². The largest absolute Gasteiger partial charge is 0.465 e. The van der Waals surface area contributed by atoms with Crippen molar-refractivity contribution in [3.8, 4) is 23.3 Å². The third kappa shape index (κ3) is 3.75. The Morgan fingerprint density at radius 2 is 1.79 bits per heavy atom. The van der Waals surface area contributed by atoms with E-state index in [4.69, 9.17) is 10.5 Å². The van der Waals surface area contributed by atoms with Crippen LogP contribution in [0.2, 0.25) is 0 Å². The van der Waals surface area contributed by atoms with Crippen LogP contribution >= 0.6 is 0 Å². The summed E-state index contributed by atoms with van der Waals surface area (Å²) in [6, 6.07) is 14.1. The van der Waals surface area contributed by atoms with Gasteiger partial charge in [0.15, 0.2) is 0 Å². The number of allylic oxidation sites excluding steroid dienone is 4. The van der Waals surface area contributed by atoms with Gasteiger partial charge in [0.25, 0.3) is 0 Å². The lowest BCUT2D eigenvalue weighted by Gasteiger charge is -2.15. The van der Waals surface area contributed by atoms with Crippen LogP contribution in [0, 0.1) is 22.7 Å². The van der Waals surface area contributed by atoms with Gasteiger partial charge in [0.2, 0.25) is 0 Å². The molecule has 1 saturated heterocycles. The predicted molar refractivity (Wildman–Crippen MR) is 127 cm³/mol. The van der Waals surface area contributed by atoms with Crippen LogP contribution in [0.25, 0.3) is 16.7 Å². The number of esters is 1. The van der Waals surface area contributed by atoms with Crippen molar-refractivity contribution in [2.75, 3.05) is 20.2 Å². The van der Waals surface area contributed by atoms with E-state index in [2.05, 4.69) is 30.9 Å². The van der Waals surface area contributed by atoms with Crippen LogP contribution in [0.5, 0.6) is 0 Å². The molecule has 0 radical (unpaired) electrons. The van der Waals surface area contributed by atoms with Crippen LogP contribution in [0.3, 0.4) is 0 Å². The van der Waals surface area contributed by atoms with Crippen molar-refractivity contribution in [2.24, 2.45) is 5.73 Å². The van der Waals surface area contributed by atoms with Crippen LogP contribution in [0.1, 0.15) is 54.1 Å². The van der Waals surface area contributed by atoms with Gasteiger partial charge < -0.3 is 15.4 Å². The number of carbonyl (C=O) groups is 1. The van der Waals surface area contributed by atoms with E-state index in [0.29, 0.717) is 27.8 Å². The van der Waals surface area contributed by atoms with Crippen LogP contribution in [0.15, 0.2) is 58.9 Å². The van der Waals surface area contributed by atoms with E-state index in [-0.39, 0.29) is 17.2 Å². The molecule has 33 heavy (non-hydrogen) atoms. The lowest BCUT2D eigenvalue weighted by Crippen LogP contribution is -2.12. The maximum Gasteiger partial charge on any atom is 0.338 e. The highest BCUT2D eigenvalue weighted by Crippen LogP contribution is 2.47. The van der Waals surface area contributed by atoms with E-state index >= 15 is 0 Å². The SMILES string of the molecule is COC(=O)c1cc(C2=C(C#N)C(N)=C(C#N)/C2=C\N2CCCC2)c2cccc(C(C)C)cc1-2. The van der Waals surface area contributed by atoms with Crippen LogP contribution in [-0.4, -0.2) is 31.1 Å². The van der Waals surface area contributed by atoms with Gasteiger partial charge in [-0.2, -0.15) is 10.5 Å². The molecule has 0 aromatic rings. The Labute approximate surface area is 194 Å². The number of hydrogen-bond acceptors (Lipinski definition) is 6. The van der Waals surface area contributed by atoms with Gasteiger partial charge in [0, 0.05) is 30.4 Å². The van der Waals surface area contributed by atoms with Crippen LogP contribution in [0.4, 0.5) is 0 Å². The molecule has 0 spiro atoms. The van der Waals surface area contributed by atoms with E-state index in [1.807, 2.05) is 30.5 Å². The van der Waals surface area contributed by atoms with E-state index in [1.165, 1.54) is 7.11 Å². The molecule has 0 atom stereocenters. The molecule has 6 heteroatoms. The quantitative estimate of drug-likeness (QED) is 0.694. The number of carbonyl (C=O) groups excluding carboxylic acids is 1. The van der Waals surface area contributed by atoms with Crippen molar-refractivity contribution < 1.29 is 9.53 Å². The first-order valence-electron chi connectivity index (χ1n) is 11.1. The maximum absolute atomic E-state index is 12.7. The van der Waals surface area contributed by atoms with Gasteiger partial charge >= 0.3 is 5.97 Å². The number of nitriles is 2. The first-order chi connectivity index (χ1) is 15.9. The molecule has 166 valence electrons. The number of hydrogen-bond donors (Lipinski definition) is 1. The molecule has 0 saturated carbocycles. The van der Waals surface area contributed by atoms with Crippen LogP contribution < -0.4 is 5.73 Å². The number of methoxy groups -OCH3 is 1. The van der Waals surface area contributed by atoms with Gasteiger partial charge in [-0.1, -0.05) is 38.1 Å². The molecular formula is C27H26N4O2. The van der Waals surface area contributed by atoms with Gasteiger partial charge in [-0.05, 0) is 47.1 Å². The van der Waals surface area contributed by atoms with Crippen molar-refractivity contribution in [3.63, 3.8) is 0 Å². The third-order valence-electron chi connectivity index (χ3n) is 6.37. The fourth-order valence-corrected chi connectivity index (χ4v) is 4.60. The molecule has 6 nitrogen and oxygen atoms in total. The Morgan fingerprint density at radius 3 is 2.39 bits per heavy atom. The zero-order valence-corrected chi connectivity index (χ0v) is 19.1. The van der Waals surface area contributed by atoms with Crippen molar-refractivity contribution in [3.05, 3.63) is 75.6 Å². The summed E-state index contributed by atoms with van der Waals surface area (Å²) in [6.45, 7) is 5.96. The molecule has 1 fully saturated rings. The smallest absolute Gasteiger partial charge is 0.338 e. The normalized spacial score (nSPS) is 17.3. The highest BCUT2D eigenvalue weighted by Gasteiger charge is 2.34. The summed E-state index contributed by atoms with van der Waals surface area (Å²) in [6.07, 6.45) is 4.10. The summed E-state index contributed by atoms with van der Waals surface area (Å²) in [4.78, 5) is 14.9. The highest BCUT2D eigenvalue weighted by molar-refractivity contribution is 6.07. The Morgan fingerprint density at radius 1 is 1.09 bits per heavy atom. The number of ether oxygens (including phenoxy) is 1. The zero-order valence-electron chi connectivity index (χ0n) is 19.1. The lowest BCUT2D eigenvalue weighted by atomic mass is 9.94. The Bertz CT molecular complexity index is 1280. The molecule has 4 rings (SSSR count). The first-order valence-corrected chi connectivity index (χ1v) is 11.1. The van der Waals surface area contributed by atoms with Gasteiger partial charge in [-0.3, -0.25) is 0 Å². The Hall–Kier alpha value is -4.03. The monoisotopic (exact) mass is 438 g/mol. The van der Waals surface area contributed by atoms with E-state index < -0.39 is 5.97 Å². The average Bonchev–Trinajstić information content (AvgIpc) is 3.45. The standard InChI is InChI=1S/C27H26N4O2/c1-16(2)17-7-6-8-18-19(11-17)21(27(32)33-3)12-20(18)25-23(14-29)26(30)22(13-28)24(25)15-31-9-4-5-10-31/h6-8,11-12,15-16H,4-5,9-10,30H2,1-3H3/b24-15+. The molecule has 0 unspecified atom stereocenters. The minimum absolute atomic E-state index is 0.178. The molecule has 1 aliphatic heterocycles. The number of rotatable bonds is 4. The predicted octanol–water partition coefficient (Wildman–Crippen LogP) is 4.71. The topological polar surface area (TPSA) is 103 Å². The van der Waals surface area contributed by atoms with Crippen LogP contribution in [-0.2, 0) is 4.74 Å². The minimum Gasteiger partial charge on any atom is -0.465 e. The molecule has 1 heterocycles. The van der Waals surface area contributed by atoms with Gasteiger partial charge in [0.05, 0.1) is 29.5 Å². The number of fused-ring (bicyclic) bond motifs is 1. The molecular weight excluding hydrogens is 412 g/mol. The Kier molecular flexibility index (Phi) is 5.94. The number of likely N-dealkylation sites (tertiary alicyclic amines) is 1. The van der Waals surface area contributed by atoms with Gasteiger partial charge in [-0.25, -0.2) is 4.79 Å². The summed E-state index contributed by atoms with van der Waals surface area (Å²) in [5.74, 6) is -0.186. The van der Waals surface area contributed by atoms with Crippen molar-refractivity contribution in [1.29, 1.82) is 10.5 Å². The number of nitrogens with two attached hydrogens (primary N) is 1. The maximum atomic E-state index is 12.7. The Balaban J connectivity index is 2.01. The van der Waals surface area contributed by atoms with Crippen molar-refractivity contribution in [2.45, 2.75) is 32.6 Å². The molecule has 0 bridgehead atoms. The second kappa shape index (κ2) is 8.84. The van der Waals surface area contributed by atoms with Gasteiger partial charge in [0.1, 0.15) is 12.1 Å². The summed E-state index contributed by atoms with van der Waals surface area (Å²) in [5.41, 5.74) is 12.0. The van der Waals surface area contributed by atoms with E-state index in [9.17, 15) is 15.3 Å². The molecule has 2 N–H and O–H groups in total. The van der Waals surface area contributed by atoms with E-state index in [1.54, 1.807) is 6.07 Å². The van der Waals surface area contributed by atoms with Crippen molar-refractivity contribution >= 4 is 11.5 Å². The zero-order chi connectivity index (χ0) is 23.7. The lowest BCUT2D eigenvalue weighted by molar-refractivity contribution is 0.0602. The fourth-order valence-electron chi connectivity index (χ4n) is 4.60.